The van der Waals surface area contributed by atoms with Crippen LogP contribution >= 0.6 is 0 Å². The molecule has 9 heteroatoms. The van der Waals surface area contributed by atoms with E-state index in [-0.39, 0.29) is 17.7 Å². The number of rotatable bonds is 9. The van der Waals surface area contributed by atoms with E-state index >= 15 is 0 Å². The summed E-state index contributed by atoms with van der Waals surface area (Å²) in [6.07, 6.45) is 0.500. The van der Waals surface area contributed by atoms with Crippen LogP contribution in [-0.4, -0.2) is 65.6 Å². The van der Waals surface area contributed by atoms with Crippen molar-refractivity contribution in [3.63, 3.8) is 0 Å². The van der Waals surface area contributed by atoms with Crippen molar-refractivity contribution < 1.29 is 28.7 Å². The summed E-state index contributed by atoms with van der Waals surface area (Å²) in [6.45, 7) is 6.45. The van der Waals surface area contributed by atoms with Gasteiger partial charge in [0.2, 0.25) is 5.91 Å². The second kappa shape index (κ2) is 11.2. The number of hydrogen-bond acceptors (Lipinski definition) is 6. The van der Waals surface area contributed by atoms with Gasteiger partial charge in [0.1, 0.15) is 6.04 Å². The molecule has 36 heavy (non-hydrogen) atoms. The number of nitrogens with one attached hydrogen (secondary N) is 1. The maximum Gasteiger partial charge on any atom is 0.330 e. The topological polar surface area (TPSA) is 113 Å². The molecular weight excluding hydrogens is 462 g/mol. The van der Waals surface area contributed by atoms with E-state index in [4.69, 9.17) is 4.74 Å². The number of benzene rings is 2. The van der Waals surface area contributed by atoms with E-state index in [0.29, 0.717) is 12.1 Å². The predicted molar refractivity (Wildman–Crippen MR) is 133 cm³/mol. The average Bonchev–Trinajstić information content (AvgIpc) is 3.10. The highest BCUT2D eigenvalue weighted by Crippen LogP contribution is 2.28. The summed E-state index contributed by atoms with van der Waals surface area (Å²) in [7, 11) is 1.43. The molecule has 0 saturated heterocycles. The van der Waals surface area contributed by atoms with Gasteiger partial charge in [0, 0.05) is 12.7 Å². The highest BCUT2D eigenvalue weighted by atomic mass is 16.5. The third-order valence-electron chi connectivity index (χ3n) is 6.42. The van der Waals surface area contributed by atoms with Crippen LogP contribution in [0.1, 0.15) is 52.1 Å². The first-order valence-corrected chi connectivity index (χ1v) is 11.8. The Morgan fingerprint density at radius 1 is 0.972 bits per heavy atom. The molecule has 3 rings (SSSR count). The molecule has 0 bridgehead atoms. The van der Waals surface area contributed by atoms with Gasteiger partial charge in [-0.25, -0.2) is 4.79 Å². The van der Waals surface area contributed by atoms with Crippen LogP contribution in [0.15, 0.2) is 42.5 Å². The minimum absolute atomic E-state index is 0.231. The molecule has 4 amide bonds. The van der Waals surface area contributed by atoms with Crippen molar-refractivity contribution in [3.05, 3.63) is 64.7 Å². The second-order valence-electron chi connectivity index (χ2n) is 9.03. The lowest BCUT2D eigenvalue weighted by molar-refractivity contribution is -0.156. The maximum atomic E-state index is 13.0. The Balaban J connectivity index is 1.63. The van der Waals surface area contributed by atoms with Crippen molar-refractivity contribution in [2.75, 3.05) is 25.5 Å². The van der Waals surface area contributed by atoms with Gasteiger partial charge in [-0.2, -0.15) is 0 Å². The lowest BCUT2D eigenvalue weighted by atomic mass is 9.97. The molecule has 9 nitrogen and oxygen atoms in total. The molecule has 2 aromatic carbocycles. The van der Waals surface area contributed by atoms with Gasteiger partial charge >= 0.3 is 5.97 Å². The van der Waals surface area contributed by atoms with E-state index in [1.807, 2.05) is 39.0 Å². The fraction of sp³-hybridized carbons (Fsp3) is 0.370. The number of fused-ring (bicyclic) bond motifs is 1. The monoisotopic (exact) mass is 493 g/mol. The molecular formula is C27H31N3O6. The van der Waals surface area contributed by atoms with Crippen molar-refractivity contribution in [2.24, 2.45) is 5.92 Å². The van der Waals surface area contributed by atoms with Gasteiger partial charge in [-0.3, -0.25) is 24.1 Å². The molecule has 0 aromatic heterocycles. The van der Waals surface area contributed by atoms with Gasteiger partial charge < -0.3 is 15.0 Å². The molecule has 1 heterocycles. The molecule has 0 fully saturated rings. The number of aryl methyl sites for hydroxylation is 2. The van der Waals surface area contributed by atoms with Gasteiger partial charge in [-0.05, 0) is 43.0 Å². The van der Waals surface area contributed by atoms with Crippen molar-refractivity contribution in [3.8, 4) is 0 Å². The quantitative estimate of drug-likeness (QED) is 0.425. The largest absolute Gasteiger partial charge is 0.454 e. The molecule has 0 saturated carbocycles. The number of likely N-dealkylation sites (N-methyl/N-ethyl adjacent to an activating group) is 1. The first kappa shape index (κ1) is 26.6. The van der Waals surface area contributed by atoms with E-state index in [0.717, 1.165) is 20.9 Å². The number of nitrogens with zero attached hydrogens (tertiary/aromatic N) is 2. The van der Waals surface area contributed by atoms with Crippen LogP contribution in [-0.2, 0) is 19.1 Å². The maximum absolute atomic E-state index is 13.0. The van der Waals surface area contributed by atoms with Gasteiger partial charge in [0.05, 0.1) is 17.7 Å². The SMILES string of the molecule is CC[C@H](C)[C@@H](C(=O)OCC(=O)N(C)CC(=O)Nc1c(C)cccc1C)N1C(=O)c2ccccc2C1=O. The molecule has 0 unspecified atom stereocenters. The minimum atomic E-state index is -1.17. The summed E-state index contributed by atoms with van der Waals surface area (Å²) < 4.78 is 5.25. The Kier molecular flexibility index (Phi) is 8.24. The number of esters is 1. The molecule has 0 aliphatic carbocycles. The third-order valence-corrected chi connectivity index (χ3v) is 6.42. The highest BCUT2D eigenvalue weighted by molar-refractivity contribution is 6.22. The zero-order chi connectivity index (χ0) is 26.6. The van der Waals surface area contributed by atoms with Crippen molar-refractivity contribution in [2.45, 2.75) is 40.2 Å². The van der Waals surface area contributed by atoms with Crippen LogP contribution in [0.4, 0.5) is 5.69 Å². The van der Waals surface area contributed by atoms with Gasteiger partial charge in [-0.1, -0.05) is 50.6 Å². The van der Waals surface area contributed by atoms with E-state index in [1.54, 1.807) is 19.1 Å². The summed E-state index contributed by atoms with van der Waals surface area (Å²) in [6, 6.07) is 10.8. The predicted octanol–water partition coefficient (Wildman–Crippen LogP) is 2.95. The number of carbonyl (C=O) groups is 5. The Labute approximate surface area is 210 Å². The van der Waals surface area contributed by atoms with Crippen molar-refractivity contribution in [1.29, 1.82) is 0 Å². The standard InChI is InChI=1S/C27H31N3O6/c1-6-16(2)24(30-25(33)19-12-7-8-13-20(19)26(30)34)27(35)36-15-22(32)29(5)14-21(31)28-23-17(3)10-9-11-18(23)4/h7-13,16,24H,6,14-15H2,1-5H3,(H,28,31)/t16-,24-/m0/s1. The first-order chi connectivity index (χ1) is 17.1. The van der Waals surface area contributed by atoms with Crippen molar-refractivity contribution >= 4 is 35.3 Å². The van der Waals surface area contributed by atoms with Crippen LogP contribution in [0.2, 0.25) is 0 Å². The van der Waals surface area contributed by atoms with Crippen LogP contribution in [0, 0.1) is 19.8 Å². The summed E-state index contributed by atoms with van der Waals surface area (Å²) in [5, 5.41) is 2.80. The third kappa shape index (κ3) is 5.45. The Morgan fingerprint density at radius 3 is 2.06 bits per heavy atom. The molecule has 1 N–H and O–H groups in total. The fourth-order valence-corrected chi connectivity index (χ4v) is 4.10. The van der Waals surface area contributed by atoms with Crippen LogP contribution < -0.4 is 5.32 Å². The summed E-state index contributed by atoms with van der Waals surface area (Å²) in [5.41, 5.74) is 2.95. The molecule has 1 aliphatic heterocycles. The Hall–Kier alpha value is -4.01. The molecule has 2 atom stereocenters. The van der Waals surface area contributed by atoms with E-state index in [9.17, 15) is 24.0 Å². The Bertz CT molecular complexity index is 1150. The minimum Gasteiger partial charge on any atom is -0.454 e. The summed E-state index contributed by atoms with van der Waals surface area (Å²) in [5.74, 6) is -3.35. The Morgan fingerprint density at radius 2 is 1.53 bits per heavy atom. The number of anilines is 1. The van der Waals surface area contributed by atoms with E-state index in [1.165, 1.54) is 19.2 Å². The van der Waals surface area contributed by atoms with Crippen LogP contribution in [0.25, 0.3) is 0 Å². The fourth-order valence-electron chi connectivity index (χ4n) is 4.10. The number of carbonyl (C=O) groups excluding carboxylic acids is 5. The molecule has 0 radical (unpaired) electrons. The second-order valence-corrected chi connectivity index (χ2v) is 9.03. The summed E-state index contributed by atoms with van der Waals surface area (Å²) in [4.78, 5) is 66.0. The lowest BCUT2D eigenvalue weighted by Crippen LogP contribution is -2.50. The smallest absolute Gasteiger partial charge is 0.330 e. The first-order valence-electron chi connectivity index (χ1n) is 11.8. The zero-order valence-electron chi connectivity index (χ0n) is 21.2. The number of imide groups is 1. The number of hydrogen-bond donors (Lipinski definition) is 1. The van der Waals surface area contributed by atoms with Crippen molar-refractivity contribution in [1.82, 2.24) is 9.80 Å². The van der Waals surface area contributed by atoms with Crippen LogP contribution in [0.3, 0.4) is 0 Å². The van der Waals surface area contributed by atoms with Crippen LogP contribution in [0.5, 0.6) is 0 Å². The molecule has 1 aliphatic rings. The molecule has 0 spiro atoms. The van der Waals surface area contributed by atoms with Gasteiger partial charge in [-0.15, -0.1) is 0 Å². The highest BCUT2D eigenvalue weighted by Gasteiger charge is 2.45. The average molecular weight is 494 g/mol. The number of para-hydroxylation sites is 1. The van der Waals surface area contributed by atoms with E-state index in [2.05, 4.69) is 5.32 Å². The number of ether oxygens (including phenoxy) is 1. The molecule has 2 aromatic rings. The van der Waals surface area contributed by atoms with Gasteiger partial charge in [0.25, 0.3) is 17.7 Å². The van der Waals surface area contributed by atoms with E-state index < -0.39 is 48.2 Å². The number of amides is 4. The normalized spacial score (nSPS) is 14.2. The van der Waals surface area contributed by atoms with Gasteiger partial charge in [0.15, 0.2) is 6.61 Å². The zero-order valence-corrected chi connectivity index (χ0v) is 21.2. The summed E-state index contributed by atoms with van der Waals surface area (Å²) >= 11 is 0. The molecule has 190 valence electrons. The lowest BCUT2D eigenvalue weighted by Gasteiger charge is -2.29.